The van der Waals surface area contributed by atoms with Gasteiger partial charge < -0.3 is 19.7 Å². The van der Waals surface area contributed by atoms with E-state index in [1.54, 1.807) is 4.57 Å². The van der Waals surface area contributed by atoms with Crippen molar-refractivity contribution in [2.75, 3.05) is 18.5 Å². The highest BCUT2D eigenvalue weighted by molar-refractivity contribution is 5.83. The molecule has 2 N–H and O–H groups in total. The third kappa shape index (κ3) is 2.30. The zero-order valence-corrected chi connectivity index (χ0v) is 11.7. The first-order valence-electron chi connectivity index (χ1n) is 7.18. The van der Waals surface area contributed by atoms with Gasteiger partial charge in [-0.15, -0.1) is 0 Å². The lowest BCUT2D eigenvalue weighted by Crippen LogP contribution is -2.26. The molecule has 1 saturated heterocycles. The number of nitrogens with zero attached hydrogens (tertiary/aromatic N) is 4. The van der Waals surface area contributed by atoms with E-state index >= 15 is 0 Å². The molecule has 2 fully saturated rings. The highest BCUT2D eigenvalue weighted by Gasteiger charge is 2.41. The molecule has 2 atom stereocenters. The van der Waals surface area contributed by atoms with E-state index < -0.39 is 24.6 Å². The Balaban J connectivity index is 1.71. The van der Waals surface area contributed by atoms with E-state index in [4.69, 9.17) is 9.84 Å². The van der Waals surface area contributed by atoms with Gasteiger partial charge in [0.05, 0.1) is 19.0 Å². The number of aliphatic hydroxyl groups excluding tert-OH is 1. The highest BCUT2D eigenvalue weighted by atomic mass is 19.2. The lowest BCUT2D eigenvalue weighted by molar-refractivity contribution is -0.135. The zero-order chi connectivity index (χ0) is 15.3. The first-order chi connectivity index (χ1) is 10.6. The largest absolute Gasteiger partial charge is 0.390 e. The molecule has 0 amide bonds. The minimum Gasteiger partial charge on any atom is -0.390 e. The van der Waals surface area contributed by atoms with Crippen LogP contribution in [0.4, 0.5) is 14.6 Å². The molecule has 0 radical (unpaired) electrons. The number of aromatic nitrogens is 4. The topological polar surface area (TPSA) is 85.1 Å². The number of hydrogen-bond acceptors (Lipinski definition) is 6. The molecule has 9 heteroatoms. The predicted octanol–water partition coefficient (Wildman–Crippen LogP) is 1.16. The predicted molar refractivity (Wildman–Crippen MR) is 72.5 cm³/mol. The zero-order valence-electron chi connectivity index (χ0n) is 11.7. The minimum absolute atomic E-state index is 0.0357. The van der Waals surface area contributed by atoms with Gasteiger partial charge in [-0.25, -0.2) is 9.37 Å². The Morgan fingerprint density at radius 2 is 2.27 bits per heavy atom. The van der Waals surface area contributed by atoms with E-state index in [0.29, 0.717) is 23.0 Å². The Bertz CT molecular complexity index is 720. The maximum absolute atomic E-state index is 14.0. The minimum atomic E-state index is -2.07. The molecule has 7 nitrogen and oxygen atoms in total. The number of aliphatic hydroxyl groups is 1. The van der Waals surface area contributed by atoms with Crippen LogP contribution in [0.15, 0.2) is 6.33 Å². The van der Waals surface area contributed by atoms with Crippen LogP contribution >= 0.6 is 0 Å². The number of imidazole rings is 1. The molecule has 4 rings (SSSR count). The molecule has 2 aromatic rings. The first-order valence-corrected chi connectivity index (χ1v) is 7.18. The molecule has 3 heterocycles. The number of fused-ring (bicyclic) bond motifs is 1. The van der Waals surface area contributed by atoms with Gasteiger partial charge in [-0.2, -0.15) is 14.4 Å². The molecule has 0 unspecified atom stereocenters. The van der Waals surface area contributed by atoms with Gasteiger partial charge in [0.25, 0.3) is 0 Å². The van der Waals surface area contributed by atoms with Crippen molar-refractivity contribution in [3.63, 3.8) is 0 Å². The van der Waals surface area contributed by atoms with Crippen LogP contribution in [0, 0.1) is 6.08 Å². The average molecular weight is 311 g/mol. The van der Waals surface area contributed by atoms with Crippen LogP contribution in [0.1, 0.15) is 25.3 Å². The van der Waals surface area contributed by atoms with Crippen molar-refractivity contribution in [3.8, 4) is 0 Å². The van der Waals surface area contributed by atoms with Gasteiger partial charge in [-0.05, 0) is 12.8 Å². The summed E-state index contributed by atoms with van der Waals surface area (Å²) in [5.41, 5.74) is 0.750. The van der Waals surface area contributed by atoms with E-state index in [1.165, 1.54) is 6.33 Å². The Kier molecular flexibility index (Phi) is 3.01. The molecule has 0 bridgehead atoms. The molecule has 1 aliphatic heterocycles. The molecule has 1 aliphatic carbocycles. The van der Waals surface area contributed by atoms with Crippen LogP contribution in [-0.4, -0.2) is 49.7 Å². The van der Waals surface area contributed by atoms with E-state index in [9.17, 15) is 8.78 Å². The maximum Gasteiger partial charge on any atom is 0.312 e. The fraction of sp³-hybridized carbons (Fsp3) is 0.615. The number of anilines is 1. The van der Waals surface area contributed by atoms with Crippen LogP contribution in [0.3, 0.4) is 0 Å². The number of nitrogens with one attached hydrogen (secondary N) is 1. The molecule has 1 saturated carbocycles. The summed E-state index contributed by atoms with van der Waals surface area (Å²) < 4.78 is 34.2. The monoisotopic (exact) mass is 311 g/mol. The van der Waals surface area contributed by atoms with Crippen molar-refractivity contribution in [2.45, 2.75) is 37.2 Å². The van der Waals surface area contributed by atoms with Gasteiger partial charge in [0.1, 0.15) is 6.61 Å². The fourth-order valence-electron chi connectivity index (χ4n) is 2.68. The van der Waals surface area contributed by atoms with Crippen LogP contribution in [0.2, 0.25) is 0 Å². The maximum atomic E-state index is 14.0. The lowest BCUT2D eigenvalue weighted by atomic mass is 10.1. The summed E-state index contributed by atoms with van der Waals surface area (Å²) in [6.07, 6.45) is 2.63. The summed E-state index contributed by atoms with van der Waals surface area (Å²) in [5, 5.41) is 12.1. The molecule has 0 aromatic carbocycles. The van der Waals surface area contributed by atoms with E-state index in [1.807, 2.05) is 0 Å². The average Bonchev–Trinajstić information content (AvgIpc) is 3.06. The van der Waals surface area contributed by atoms with Crippen molar-refractivity contribution in [2.24, 2.45) is 0 Å². The van der Waals surface area contributed by atoms with E-state index in [0.717, 1.165) is 12.8 Å². The summed E-state index contributed by atoms with van der Waals surface area (Å²) in [6, 6.07) is -0.101. The van der Waals surface area contributed by atoms with Gasteiger partial charge in [0.15, 0.2) is 17.0 Å². The summed E-state index contributed by atoms with van der Waals surface area (Å²) in [4.78, 5) is 11.8. The Morgan fingerprint density at radius 3 is 2.95 bits per heavy atom. The van der Waals surface area contributed by atoms with Crippen molar-refractivity contribution in [3.05, 3.63) is 12.4 Å². The first kappa shape index (κ1) is 13.8. The third-order valence-corrected chi connectivity index (χ3v) is 4.02. The standard InChI is InChI=1S/C13H15F2N5O2/c14-12-18-10(17-7-1-2-7)9-11(19-12)20(6-16-9)8-3-13(15,5-21)22-4-8/h6-8,21H,1-5H2,(H,17,18,19)/t8-,13+/m1/s1. The molecule has 118 valence electrons. The van der Waals surface area contributed by atoms with Crippen molar-refractivity contribution in [1.82, 2.24) is 19.5 Å². The number of ether oxygens (including phenoxy) is 1. The third-order valence-electron chi connectivity index (χ3n) is 4.02. The SMILES string of the molecule is OC[C@]1(F)C[C@@H](n2cnc3c(NC4CC4)nc(F)nc32)CO1. The molecular formula is C13H15F2N5O2. The molecular weight excluding hydrogens is 296 g/mol. The van der Waals surface area contributed by atoms with Crippen LogP contribution in [0.5, 0.6) is 0 Å². The van der Waals surface area contributed by atoms with E-state index in [2.05, 4.69) is 20.3 Å². The number of hydrogen-bond donors (Lipinski definition) is 2. The normalized spacial score (nSPS) is 28.4. The number of rotatable bonds is 4. The quantitative estimate of drug-likeness (QED) is 0.824. The van der Waals surface area contributed by atoms with Gasteiger partial charge in [0, 0.05) is 12.5 Å². The van der Waals surface area contributed by atoms with Crippen molar-refractivity contribution in [1.29, 1.82) is 0 Å². The summed E-state index contributed by atoms with van der Waals surface area (Å²) in [5.74, 6) is -1.71. The second kappa shape index (κ2) is 4.82. The molecule has 22 heavy (non-hydrogen) atoms. The molecule has 2 aliphatic rings. The molecule has 2 aromatic heterocycles. The van der Waals surface area contributed by atoms with Crippen LogP contribution in [0.25, 0.3) is 11.2 Å². The van der Waals surface area contributed by atoms with Gasteiger partial charge in [-0.3, -0.25) is 0 Å². The van der Waals surface area contributed by atoms with Gasteiger partial charge in [0.2, 0.25) is 5.85 Å². The number of alkyl halides is 1. The number of halogens is 2. The lowest BCUT2D eigenvalue weighted by Gasteiger charge is -2.15. The Hall–Kier alpha value is -1.87. The highest BCUT2D eigenvalue weighted by Crippen LogP contribution is 2.36. The second-order valence-electron chi connectivity index (χ2n) is 5.79. The Labute approximate surface area is 124 Å². The molecule has 0 spiro atoms. The van der Waals surface area contributed by atoms with Crippen molar-refractivity contribution < 1.29 is 18.6 Å². The van der Waals surface area contributed by atoms with E-state index in [-0.39, 0.29) is 13.0 Å². The summed E-state index contributed by atoms with van der Waals surface area (Å²) in [7, 11) is 0. The Morgan fingerprint density at radius 1 is 1.45 bits per heavy atom. The smallest absolute Gasteiger partial charge is 0.312 e. The van der Waals surface area contributed by atoms with Crippen molar-refractivity contribution >= 4 is 17.0 Å². The second-order valence-corrected chi connectivity index (χ2v) is 5.79. The van der Waals surface area contributed by atoms with Gasteiger partial charge >= 0.3 is 6.08 Å². The van der Waals surface area contributed by atoms with Crippen LogP contribution < -0.4 is 5.32 Å². The fourth-order valence-corrected chi connectivity index (χ4v) is 2.68. The summed E-state index contributed by atoms with van der Waals surface area (Å²) in [6.45, 7) is -0.645. The summed E-state index contributed by atoms with van der Waals surface area (Å²) >= 11 is 0. The van der Waals surface area contributed by atoms with Crippen LogP contribution in [-0.2, 0) is 4.74 Å². The van der Waals surface area contributed by atoms with Gasteiger partial charge in [-0.1, -0.05) is 0 Å².